The zero-order valence-corrected chi connectivity index (χ0v) is 14.0. The maximum absolute atomic E-state index is 12.4. The molecule has 1 amide bonds. The van der Waals surface area contributed by atoms with Crippen molar-refractivity contribution in [3.8, 4) is 0 Å². The maximum atomic E-state index is 12.4. The van der Waals surface area contributed by atoms with Crippen LogP contribution in [0.5, 0.6) is 0 Å². The van der Waals surface area contributed by atoms with E-state index in [4.69, 9.17) is 0 Å². The van der Waals surface area contributed by atoms with Crippen molar-refractivity contribution in [2.24, 2.45) is 0 Å². The predicted molar refractivity (Wildman–Crippen MR) is 87.8 cm³/mol. The molecule has 0 bridgehead atoms. The monoisotopic (exact) mass is 305 g/mol. The molecule has 0 saturated carbocycles. The van der Waals surface area contributed by atoms with Gasteiger partial charge in [0, 0.05) is 44.1 Å². The fraction of sp³-hybridized carbons (Fsp3) is 0.688. The van der Waals surface area contributed by atoms with Crippen LogP contribution in [0.2, 0.25) is 0 Å². The number of hydrogen-bond donors (Lipinski definition) is 1. The van der Waals surface area contributed by atoms with Crippen molar-refractivity contribution in [1.82, 2.24) is 20.2 Å². The summed E-state index contributed by atoms with van der Waals surface area (Å²) in [7, 11) is 0. The second-order valence-corrected chi connectivity index (χ2v) is 6.47. The smallest absolute Gasteiger partial charge is 0.237 e. The Morgan fingerprint density at radius 2 is 1.86 bits per heavy atom. The van der Waals surface area contributed by atoms with E-state index in [1.807, 2.05) is 13.0 Å². The van der Waals surface area contributed by atoms with Gasteiger partial charge in [0.05, 0.1) is 6.04 Å². The largest absolute Gasteiger partial charge is 0.350 e. The number of piperazine rings is 1. The lowest BCUT2D eigenvalue weighted by Crippen LogP contribution is -2.56. The molecule has 1 fully saturated rings. The van der Waals surface area contributed by atoms with E-state index in [1.165, 1.54) is 0 Å². The lowest BCUT2D eigenvalue weighted by molar-refractivity contribution is -0.127. The van der Waals surface area contributed by atoms with E-state index in [2.05, 4.69) is 45.9 Å². The summed E-state index contributed by atoms with van der Waals surface area (Å²) in [6, 6.07) is 1.71. The molecular formula is C16H27N5O. The SMILES string of the molecule is CCC(C)(C)NC(=O)C(C)N1CCN(c2ncccn2)CC1. The Morgan fingerprint density at radius 3 is 2.41 bits per heavy atom. The third-order valence-corrected chi connectivity index (χ3v) is 4.42. The van der Waals surface area contributed by atoms with Crippen LogP contribution in [-0.4, -0.2) is 58.5 Å². The summed E-state index contributed by atoms with van der Waals surface area (Å²) in [5.74, 6) is 0.877. The van der Waals surface area contributed by atoms with Crippen LogP contribution in [0.3, 0.4) is 0 Å². The minimum absolute atomic E-state index is 0.107. The van der Waals surface area contributed by atoms with Crippen LogP contribution in [0, 0.1) is 0 Å². The lowest BCUT2D eigenvalue weighted by atomic mass is 10.0. The van der Waals surface area contributed by atoms with Gasteiger partial charge in [-0.2, -0.15) is 0 Å². The van der Waals surface area contributed by atoms with Crippen LogP contribution in [-0.2, 0) is 4.79 Å². The first-order valence-corrected chi connectivity index (χ1v) is 8.01. The molecule has 0 radical (unpaired) electrons. The molecule has 1 aliphatic rings. The molecule has 2 rings (SSSR count). The van der Waals surface area contributed by atoms with Gasteiger partial charge in [0.15, 0.2) is 0 Å². The molecule has 1 saturated heterocycles. The summed E-state index contributed by atoms with van der Waals surface area (Å²) in [6.45, 7) is 11.6. The van der Waals surface area contributed by atoms with Gasteiger partial charge in [-0.25, -0.2) is 9.97 Å². The minimum atomic E-state index is -0.148. The number of hydrogen-bond acceptors (Lipinski definition) is 5. The van der Waals surface area contributed by atoms with Gasteiger partial charge in [-0.1, -0.05) is 6.92 Å². The highest BCUT2D eigenvalue weighted by Crippen LogP contribution is 2.13. The molecule has 1 aliphatic heterocycles. The molecule has 1 N–H and O–H groups in total. The van der Waals surface area contributed by atoms with Crippen molar-refractivity contribution in [2.45, 2.75) is 45.7 Å². The van der Waals surface area contributed by atoms with Gasteiger partial charge in [0.2, 0.25) is 11.9 Å². The second-order valence-electron chi connectivity index (χ2n) is 6.47. The topological polar surface area (TPSA) is 61.4 Å². The average Bonchev–Trinajstić information content (AvgIpc) is 2.55. The van der Waals surface area contributed by atoms with E-state index in [0.29, 0.717) is 0 Å². The van der Waals surface area contributed by atoms with Crippen LogP contribution in [0.1, 0.15) is 34.1 Å². The van der Waals surface area contributed by atoms with Gasteiger partial charge >= 0.3 is 0 Å². The van der Waals surface area contributed by atoms with E-state index in [-0.39, 0.29) is 17.5 Å². The van der Waals surface area contributed by atoms with Gasteiger partial charge in [-0.05, 0) is 33.3 Å². The number of nitrogens with zero attached hydrogens (tertiary/aromatic N) is 4. The van der Waals surface area contributed by atoms with Gasteiger partial charge in [0.25, 0.3) is 0 Å². The highest BCUT2D eigenvalue weighted by Gasteiger charge is 2.28. The van der Waals surface area contributed by atoms with Crippen molar-refractivity contribution in [2.75, 3.05) is 31.1 Å². The van der Waals surface area contributed by atoms with Crippen molar-refractivity contribution >= 4 is 11.9 Å². The molecule has 6 heteroatoms. The van der Waals surface area contributed by atoms with E-state index >= 15 is 0 Å². The summed E-state index contributed by atoms with van der Waals surface area (Å²) < 4.78 is 0. The van der Waals surface area contributed by atoms with Crippen LogP contribution in [0.4, 0.5) is 5.95 Å². The van der Waals surface area contributed by atoms with Gasteiger partial charge in [-0.15, -0.1) is 0 Å². The predicted octanol–water partition coefficient (Wildman–Crippen LogP) is 1.29. The lowest BCUT2D eigenvalue weighted by Gasteiger charge is -2.38. The summed E-state index contributed by atoms with van der Waals surface area (Å²) in [5, 5.41) is 3.13. The minimum Gasteiger partial charge on any atom is -0.350 e. The summed E-state index contributed by atoms with van der Waals surface area (Å²) in [5.41, 5.74) is -0.148. The highest BCUT2D eigenvalue weighted by atomic mass is 16.2. The zero-order valence-electron chi connectivity index (χ0n) is 14.0. The van der Waals surface area contributed by atoms with E-state index in [1.54, 1.807) is 12.4 Å². The van der Waals surface area contributed by atoms with E-state index in [0.717, 1.165) is 38.5 Å². The molecule has 1 atom stereocenters. The average molecular weight is 305 g/mol. The van der Waals surface area contributed by atoms with Crippen LogP contribution < -0.4 is 10.2 Å². The van der Waals surface area contributed by atoms with E-state index in [9.17, 15) is 4.79 Å². The molecule has 122 valence electrons. The quantitative estimate of drug-likeness (QED) is 0.888. The number of anilines is 1. The third-order valence-electron chi connectivity index (χ3n) is 4.42. The molecule has 22 heavy (non-hydrogen) atoms. The number of rotatable bonds is 5. The van der Waals surface area contributed by atoms with E-state index < -0.39 is 0 Å². The van der Waals surface area contributed by atoms with Crippen LogP contribution in [0.15, 0.2) is 18.5 Å². The second kappa shape index (κ2) is 7.05. The molecule has 0 spiro atoms. The molecular weight excluding hydrogens is 278 g/mol. The number of carbonyl (C=O) groups excluding carboxylic acids is 1. The van der Waals surface area contributed by atoms with Crippen molar-refractivity contribution in [1.29, 1.82) is 0 Å². The molecule has 6 nitrogen and oxygen atoms in total. The third kappa shape index (κ3) is 4.16. The van der Waals surface area contributed by atoms with Crippen molar-refractivity contribution in [3.05, 3.63) is 18.5 Å². The Balaban J connectivity index is 1.87. The van der Waals surface area contributed by atoms with Crippen LogP contribution in [0.25, 0.3) is 0 Å². The fourth-order valence-electron chi connectivity index (χ4n) is 2.46. The standard InChI is InChI=1S/C16H27N5O/c1-5-16(3,4)19-14(22)13(2)20-9-11-21(12-10-20)15-17-7-6-8-18-15/h6-8,13H,5,9-12H2,1-4H3,(H,19,22). The normalized spacial score (nSPS) is 18.1. The highest BCUT2D eigenvalue weighted by molar-refractivity contribution is 5.82. The molecule has 0 aliphatic carbocycles. The Bertz CT molecular complexity index is 483. The first-order chi connectivity index (χ1) is 10.4. The number of aromatic nitrogens is 2. The number of carbonyl (C=O) groups is 1. The maximum Gasteiger partial charge on any atom is 0.237 e. The molecule has 0 aromatic carbocycles. The Labute approximate surface area is 132 Å². The Morgan fingerprint density at radius 1 is 1.27 bits per heavy atom. The first kappa shape index (κ1) is 16.7. The Hall–Kier alpha value is -1.69. The molecule has 2 heterocycles. The number of amides is 1. The number of nitrogens with one attached hydrogen (secondary N) is 1. The summed E-state index contributed by atoms with van der Waals surface area (Å²) >= 11 is 0. The zero-order chi connectivity index (χ0) is 16.2. The molecule has 1 aromatic heterocycles. The molecule has 1 unspecified atom stereocenters. The molecule has 1 aromatic rings. The van der Waals surface area contributed by atoms with Crippen LogP contribution >= 0.6 is 0 Å². The first-order valence-electron chi connectivity index (χ1n) is 8.01. The van der Waals surface area contributed by atoms with Crippen molar-refractivity contribution in [3.63, 3.8) is 0 Å². The summed E-state index contributed by atoms with van der Waals surface area (Å²) in [4.78, 5) is 25.3. The fourth-order valence-corrected chi connectivity index (χ4v) is 2.46. The van der Waals surface area contributed by atoms with Gasteiger partial charge in [-0.3, -0.25) is 9.69 Å². The summed E-state index contributed by atoms with van der Waals surface area (Å²) in [6.07, 6.45) is 4.44. The van der Waals surface area contributed by atoms with Crippen molar-refractivity contribution < 1.29 is 4.79 Å². The van der Waals surface area contributed by atoms with Gasteiger partial charge in [0.1, 0.15) is 0 Å². The van der Waals surface area contributed by atoms with Gasteiger partial charge < -0.3 is 10.2 Å². The Kier molecular flexibility index (Phi) is 5.34.